The van der Waals surface area contributed by atoms with E-state index >= 15 is 0 Å². The van der Waals surface area contributed by atoms with Crippen LogP contribution in [0.15, 0.2) is 41.9 Å². The van der Waals surface area contributed by atoms with E-state index in [9.17, 15) is 8.78 Å². The maximum absolute atomic E-state index is 13.7. The van der Waals surface area contributed by atoms with E-state index in [1.165, 1.54) is 29.5 Å². The molecule has 20 heavy (non-hydrogen) atoms. The average Bonchev–Trinajstić information content (AvgIpc) is 2.88. The topological polar surface area (TPSA) is 25.8 Å². The predicted octanol–water partition coefficient (Wildman–Crippen LogP) is 4.80. The Kier molecular flexibility index (Phi) is 3.46. The van der Waals surface area contributed by atoms with Gasteiger partial charge in [-0.15, -0.1) is 11.3 Å². The zero-order valence-electron chi connectivity index (χ0n) is 9.98. The van der Waals surface area contributed by atoms with E-state index in [1.807, 2.05) is 0 Å². The molecule has 0 unspecified atom stereocenters. The fourth-order valence-electron chi connectivity index (χ4n) is 1.80. The third kappa shape index (κ3) is 2.42. The summed E-state index contributed by atoms with van der Waals surface area (Å²) in [6.07, 6.45) is 1.56. The number of halogens is 3. The number of benzene rings is 1. The van der Waals surface area contributed by atoms with E-state index in [0.717, 1.165) is 5.56 Å². The molecule has 0 spiro atoms. The van der Waals surface area contributed by atoms with E-state index in [-0.39, 0.29) is 11.3 Å². The van der Waals surface area contributed by atoms with Crippen molar-refractivity contribution in [1.82, 2.24) is 9.97 Å². The van der Waals surface area contributed by atoms with Crippen LogP contribution in [0, 0.1) is 11.6 Å². The van der Waals surface area contributed by atoms with Gasteiger partial charge in [0.25, 0.3) is 0 Å². The highest BCUT2D eigenvalue weighted by atomic mass is 35.5. The van der Waals surface area contributed by atoms with Gasteiger partial charge in [0.05, 0.1) is 11.3 Å². The van der Waals surface area contributed by atoms with Crippen LogP contribution in [0.1, 0.15) is 0 Å². The Balaban J connectivity index is 2.07. The van der Waals surface area contributed by atoms with Gasteiger partial charge in [0.1, 0.15) is 21.8 Å². The van der Waals surface area contributed by atoms with Gasteiger partial charge in [-0.1, -0.05) is 17.7 Å². The molecule has 1 aromatic carbocycles. The minimum absolute atomic E-state index is 0.116. The molecule has 0 atom stereocenters. The molecule has 2 nitrogen and oxygen atoms in total. The number of hydrogen-bond acceptors (Lipinski definition) is 3. The first-order chi connectivity index (χ1) is 9.65. The van der Waals surface area contributed by atoms with Gasteiger partial charge in [-0.25, -0.2) is 18.7 Å². The molecule has 0 saturated heterocycles. The third-order valence-corrected chi connectivity index (χ3v) is 3.79. The monoisotopic (exact) mass is 308 g/mol. The molecule has 0 N–H and O–H groups in total. The highest BCUT2D eigenvalue weighted by molar-refractivity contribution is 7.13. The van der Waals surface area contributed by atoms with Crippen LogP contribution < -0.4 is 0 Å². The van der Waals surface area contributed by atoms with Crippen molar-refractivity contribution in [3.05, 3.63) is 58.7 Å². The Morgan fingerprint density at radius 3 is 2.55 bits per heavy atom. The summed E-state index contributed by atoms with van der Waals surface area (Å²) in [7, 11) is 0. The summed E-state index contributed by atoms with van der Waals surface area (Å²) < 4.78 is 27.4. The lowest BCUT2D eigenvalue weighted by Crippen LogP contribution is -1.89. The van der Waals surface area contributed by atoms with Gasteiger partial charge < -0.3 is 0 Å². The fraction of sp³-hybridized carbons (Fsp3) is 0. The van der Waals surface area contributed by atoms with Crippen molar-refractivity contribution in [2.45, 2.75) is 0 Å². The molecule has 0 amide bonds. The quantitative estimate of drug-likeness (QED) is 0.635. The van der Waals surface area contributed by atoms with Crippen LogP contribution in [0.5, 0.6) is 0 Å². The van der Waals surface area contributed by atoms with Crippen molar-refractivity contribution < 1.29 is 8.78 Å². The first-order valence-corrected chi connectivity index (χ1v) is 6.93. The third-order valence-electron chi connectivity index (χ3n) is 2.70. The van der Waals surface area contributed by atoms with Crippen LogP contribution in [-0.4, -0.2) is 9.97 Å². The summed E-state index contributed by atoms with van der Waals surface area (Å²) in [5, 5.41) is 2.59. The molecule has 0 aliphatic heterocycles. The Morgan fingerprint density at radius 1 is 1.10 bits per heavy atom. The first-order valence-electron chi connectivity index (χ1n) is 5.67. The molecule has 6 heteroatoms. The minimum atomic E-state index is -0.630. The molecule has 2 aromatic heterocycles. The SMILES string of the molecule is Fc1cccc(F)c1-c1csc(-c2ccnc(Cl)c2)n1. The molecular weight excluding hydrogens is 302 g/mol. The summed E-state index contributed by atoms with van der Waals surface area (Å²) in [6.45, 7) is 0. The molecular formula is C14H7ClF2N2S. The predicted molar refractivity (Wildman–Crippen MR) is 75.7 cm³/mol. The summed E-state index contributed by atoms with van der Waals surface area (Å²) in [5.41, 5.74) is 0.918. The van der Waals surface area contributed by atoms with Crippen molar-refractivity contribution in [3.8, 4) is 21.8 Å². The van der Waals surface area contributed by atoms with E-state index in [1.54, 1.807) is 23.7 Å². The lowest BCUT2D eigenvalue weighted by atomic mass is 10.1. The second kappa shape index (κ2) is 5.26. The Bertz CT molecular complexity index is 753. The van der Waals surface area contributed by atoms with Crippen LogP contribution in [-0.2, 0) is 0 Å². The zero-order valence-corrected chi connectivity index (χ0v) is 11.6. The second-order valence-corrected chi connectivity index (χ2v) is 5.25. The second-order valence-electron chi connectivity index (χ2n) is 4.00. The highest BCUT2D eigenvalue weighted by Gasteiger charge is 2.15. The van der Waals surface area contributed by atoms with E-state index in [4.69, 9.17) is 11.6 Å². The number of thiazole rings is 1. The molecule has 0 radical (unpaired) electrons. The van der Waals surface area contributed by atoms with Crippen LogP contribution in [0.2, 0.25) is 5.15 Å². The van der Waals surface area contributed by atoms with Gasteiger partial charge in [-0.3, -0.25) is 0 Å². The Labute approximate surface area is 122 Å². The first kappa shape index (κ1) is 13.1. The molecule has 0 aliphatic rings. The van der Waals surface area contributed by atoms with E-state index in [0.29, 0.717) is 10.2 Å². The lowest BCUT2D eigenvalue weighted by molar-refractivity contribution is 0.589. The van der Waals surface area contributed by atoms with Crippen molar-refractivity contribution in [3.63, 3.8) is 0 Å². The van der Waals surface area contributed by atoms with Gasteiger partial charge in [0.2, 0.25) is 0 Å². The van der Waals surface area contributed by atoms with Crippen molar-refractivity contribution in [2.24, 2.45) is 0 Å². The molecule has 0 saturated carbocycles. The number of pyridine rings is 1. The maximum Gasteiger partial charge on any atom is 0.135 e. The Hall–Kier alpha value is -1.85. The van der Waals surface area contributed by atoms with E-state index < -0.39 is 11.6 Å². The molecule has 0 bridgehead atoms. The van der Waals surface area contributed by atoms with Crippen molar-refractivity contribution in [1.29, 1.82) is 0 Å². The molecule has 100 valence electrons. The number of aromatic nitrogens is 2. The summed E-state index contributed by atoms with van der Waals surface area (Å²) in [6, 6.07) is 7.14. The van der Waals surface area contributed by atoms with Crippen molar-refractivity contribution >= 4 is 22.9 Å². The lowest BCUT2D eigenvalue weighted by Gasteiger charge is -2.00. The van der Waals surface area contributed by atoms with Crippen LogP contribution in [0.3, 0.4) is 0 Å². The van der Waals surface area contributed by atoms with Crippen LogP contribution in [0.25, 0.3) is 21.8 Å². The normalized spacial score (nSPS) is 10.8. The number of rotatable bonds is 2. The van der Waals surface area contributed by atoms with Crippen molar-refractivity contribution in [2.75, 3.05) is 0 Å². The van der Waals surface area contributed by atoms with Crippen LogP contribution >= 0.6 is 22.9 Å². The zero-order chi connectivity index (χ0) is 14.1. The van der Waals surface area contributed by atoms with Gasteiger partial charge in [0, 0.05) is 17.1 Å². The fourth-order valence-corrected chi connectivity index (χ4v) is 2.78. The molecule has 0 aliphatic carbocycles. The molecule has 0 fully saturated rings. The number of nitrogens with zero attached hydrogens (tertiary/aromatic N) is 2. The number of hydrogen-bond donors (Lipinski definition) is 0. The summed E-state index contributed by atoms with van der Waals surface area (Å²) in [5.74, 6) is -1.26. The molecule has 3 rings (SSSR count). The average molecular weight is 309 g/mol. The van der Waals surface area contributed by atoms with Gasteiger partial charge in [-0.05, 0) is 24.3 Å². The van der Waals surface area contributed by atoms with Crippen LogP contribution in [0.4, 0.5) is 8.78 Å². The minimum Gasteiger partial charge on any atom is -0.245 e. The largest absolute Gasteiger partial charge is 0.245 e. The van der Waals surface area contributed by atoms with Gasteiger partial charge >= 0.3 is 0 Å². The van der Waals surface area contributed by atoms with Gasteiger partial charge in [-0.2, -0.15) is 0 Å². The standard InChI is InChI=1S/C14H7ClF2N2S/c15-12-6-8(4-5-18-12)14-19-11(7-20-14)13-9(16)2-1-3-10(13)17/h1-7H. The summed E-state index contributed by atoms with van der Waals surface area (Å²) >= 11 is 7.11. The highest BCUT2D eigenvalue weighted by Crippen LogP contribution is 2.32. The maximum atomic E-state index is 13.7. The smallest absolute Gasteiger partial charge is 0.135 e. The van der Waals surface area contributed by atoms with Gasteiger partial charge in [0.15, 0.2) is 0 Å². The van der Waals surface area contributed by atoms with E-state index in [2.05, 4.69) is 9.97 Å². The molecule has 2 heterocycles. The Morgan fingerprint density at radius 2 is 1.85 bits per heavy atom. The summed E-state index contributed by atoms with van der Waals surface area (Å²) in [4.78, 5) is 8.15. The molecule has 3 aromatic rings.